The molecule has 0 aromatic rings. The lowest BCUT2D eigenvalue weighted by Crippen LogP contribution is -2.67. The fraction of sp³-hybridized carbons (Fsp3) is 0.954. The molecule has 0 unspecified atom stereocenters. The topological polar surface area (TPSA) is 492 Å². The number of allylic oxidation sites excluding steroid dienone is 2. The van der Waals surface area contributed by atoms with Crippen molar-refractivity contribution < 1.29 is 154 Å². The molecule has 11 rings (SSSR count). The maximum Gasteiger partial charge on any atom is 0.315 e. The van der Waals surface area contributed by atoms with E-state index in [0.717, 1.165) is 12.0 Å². The van der Waals surface area contributed by atoms with Gasteiger partial charge in [0.2, 0.25) is 6.29 Å². The summed E-state index contributed by atoms with van der Waals surface area (Å²) in [6.07, 6.45) is -40.7. The predicted molar refractivity (Wildman–Crippen MR) is 321 cm³/mol. The first-order valence-corrected chi connectivity index (χ1v) is 34.1. The van der Waals surface area contributed by atoms with Gasteiger partial charge in [0.05, 0.1) is 56.8 Å². The molecule has 0 aromatic heterocycles. The van der Waals surface area contributed by atoms with Crippen molar-refractivity contribution in [2.75, 3.05) is 33.0 Å². The highest BCUT2D eigenvalue weighted by atomic mass is 16.8. The summed E-state index contributed by atoms with van der Waals surface area (Å²) in [5.74, 6) is -1.09. The zero-order chi connectivity index (χ0) is 70.0. The van der Waals surface area contributed by atoms with Gasteiger partial charge in [0.25, 0.3) is 0 Å². The minimum atomic E-state index is -1.95. The molecule has 5 aliphatic carbocycles. The Balaban J connectivity index is 0.787. The summed E-state index contributed by atoms with van der Waals surface area (Å²) >= 11 is 0. The van der Waals surface area contributed by atoms with Crippen molar-refractivity contribution in [3.05, 3.63) is 11.6 Å². The Hall–Kier alpha value is -1.95. The van der Waals surface area contributed by atoms with Gasteiger partial charge in [0.15, 0.2) is 31.5 Å². The monoisotopic (exact) mass is 1380 g/mol. The van der Waals surface area contributed by atoms with E-state index in [1.165, 1.54) is 13.8 Å². The van der Waals surface area contributed by atoms with Crippen LogP contribution in [0.1, 0.15) is 120 Å². The Kier molecular flexibility index (Phi) is 22.1. The fourth-order valence-corrected chi connectivity index (χ4v) is 19.0. The van der Waals surface area contributed by atoms with Gasteiger partial charge in [-0.25, -0.2) is 0 Å². The number of rotatable bonds is 16. The molecule has 38 atom stereocenters. The summed E-state index contributed by atoms with van der Waals surface area (Å²) in [7, 11) is 0. The Morgan fingerprint density at radius 1 is 0.500 bits per heavy atom. The highest BCUT2D eigenvalue weighted by molar-refractivity contribution is 5.79. The second kappa shape index (κ2) is 28.3. The maximum absolute atomic E-state index is 15.4. The van der Waals surface area contributed by atoms with E-state index in [-0.39, 0.29) is 41.8 Å². The average Bonchev–Trinajstić information content (AvgIpc) is 0.675. The summed E-state index contributed by atoms with van der Waals surface area (Å²) in [6.45, 7) is 13.1. The maximum atomic E-state index is 15.4. The van der Waals surface area contributed by atoms with Crippen molar-refractivity contribution in [2.24, 2.45) is 50.2 Å². The molecule has 31 nitrogen and oxygen atoms in total. The number of carbonyl (C=O) groups is 1. The van der Waals surface area contributed by atoms with E-state index in [1.807, 2.05) is 6.92 Å². The number of ether oxygens (including phenoxy) is 12. The molecule has 6 aliphatic heterocycles. The van der Waals surface area contributed by atoms with Crippen LogP contribution in [-0.4, -0.2) is 315 Å². The number of fused-ring (bicyclic) bond motifs is 7. The average molecular weight is 1380 g/mol. The van der Waals surface area contributed by atoms with Crippen molar-refractivity contribution in [3.63, 3.8) is 0 Å². The molecule has 0 radical (unpaired) electrons. The lowest BCUT2D eigenvalue weighted by molar-refractivity contribution is -0.383. The fourth-order valence-electron chi connectivity index (χ4n) is 19.0. The molecule has 0 amide bonds. The second-order valence-electron chi connectivity index (χ2n) is 31.3. The predicted octanol–water partition coefficient (Wildman–Crippen LogP) is -4.72. The van der Waals surface area contributed by atoms with Crippen molar-refractivity contribution in [3.8, 4) is 0 Å². The Labute approximate surface area is 556 Å². The number of hydrogen-bond acceptors (Lipinski definition) is 31. The molecule has 6 heterocycles. The lowest BCUT2D eigenvalue weighted by Gasteiger charge is -2.71. The smallest absolute Gasteiger partial charge is 0.315 e. The molecule has 4 saturated carbocycles. The quantitative estimate of drug-likeness (QED) is 0.0392. The van der Waals surface area contributed by atoms with Crippen LogP contribution in [0, 0.1) is 50.2 Å². The molecule has 0 spiro atoms. The summed E-state index contributed by atoms with van der Waals surface area (Å²) in [6, 6.07) is 0. The summed E-state index contributed by atoms with van der Waals surface area (Å²) in [4.78, 5) is 15.4. The number of aliphatic hydroxyl groups excluding tert-OH is 18. The van der Waals surface area contributed by atoms with Crippen LogP contribution in [0.4, 0.5) is 0 Å². The Morgan fingerprint density at radius 2 is 1.03 bits per heavy atom. The molecule has 552 valence electrons. The van der Waals surface area contributed by atoms with Crippen molar-refractivity contribution in [1.29, 1.82) is 0 Å². The van der Waals surface area contributed by atoms with E-state index in [1.54, 1.807) is 0 Å². The van der Waals surface area contributed by atoms with Gasteiger partial charge in [-0.15, -0.1) is 0 Å². The van der Waals surface area contributed by atoms with Gasteiger partial charge in [0.1, 0.15) is 128 Å². The molecule has 96 heavy (non-hydrogen) atoms. The number of carbonyl (C=O) groups excluding carboxylic acids is 1. The van der Waals surface area contributed by atoms with Crippen LogP contribution in [0.15, 0.2) is 11.6 Å². The molecule has 0 bridgehead atoms. The molecule has 11 aliphatic rings. The van der Waals surface area contributed by atoms with Gasteiger partial charge >= 0.3 is 5.97 Å². The normalized spacial score (nSPS) is 55.1. The van der Waals surface area contributed by atoms with Crippen LogP contribution in [-0.2, 0) is 61.6 Å². The van der Waals surface area contributed by atoms with Gasteiger partial charge < -0.3 is 149 Å². The van der Waals surface area contributed by atoms with Gasteiger partial charge in [0, 0.05) is 5.41 Å². The van der Waals surface area contributed by atoms with Crippen molar-refractivity contribution in [1.82, 2.24) is 0 Å². The standard InChI is InChI=1S/C65H106O31/c1-25-36(70)42(76)46(80)53(87-25)95-52-45(79)40(74)31(21-67)90-57(52)86-23-32-41(75)44(78)48(82)55(91-32)96-59(84)65-17-15-60(3,4)19-28(65)27-9-10-34-61(5)13-12-35(62(6,24-68)33(61)11-14-64(34,8)63(27,7)16-18-65)92-58-51(38(72)29(69)22-85-58)94-56-49(83)50(37(71)26(2)88-56)93-54-47(81)43(77)39(73)30(20-66)89-54/h9,25-26,28-58,66-83H,10-24H2,1-8H3/t25-,26-,28-,29-,30+,31+,32+,33+,34+,35-,36-,37-,38-,39+,40+,41+,42+,43-,44-,45-,46+,47+,48+,49+,50+,51+,52+,53-,54-,55-,56-,57+,58-,61-,62-,63+,64+,65-/m0/s1. The van der Waals surface area contributed by atoms with Crippen LogP contribution in [0.3, 0.4) is 0 Å². The van der Waals surface area contributed by atoms with Gasteiger partial charge in [-0.1, -0.05) is 53.2 Å². The molecule has 0 aromatic carbocycles. The largest absolute Gasteiger partial charge is 0.432 e. The molecular weight excluding hydrogens is 1280 g/mol. The van der Waals surface area contributed by atoms with E-state index < -0.39 is 232 Å². The van der Waals surface area contributed by atoms with E-state index in [9.17, 15) is 91.9 Å². The van der Waals surface area contributed by atoms with Crippen molar-refractivity contribution in [2.45, 2.75) is 304 Å². The van der Waals surface area contributed by atoms with Gasteiger partial charge in [-0.3, -0.25) is 4.79 Å². The van der Waals surface area contributed by atoms with E-state index >= 15 is 4.79 Å². The van der Waals surface area contributed by atoms with E-state index in [2.05, 4.69) is 40.7 Å². The third kappa shape index (κ3) is 12.8. The third-order valence-corrected chi connectivity index (χ3v) is 25.3. The van der Waals surface area contributed by atoms with Gasteiger partial charge in [-0.2, -0.15) is 0 Å². The second-order valence-corrected chi connectivity index (χ2v) is 31.3. The summed E-state index contributed by atoms with van der Waals surface area (Å²) in [5.41, 5.74) is -2.36. The molecule has 31 heteroatoms. The highest BCUT2D eigenvalue weighted by Crippen LogP contribution is 2.76. The SMILES string of the molecule is C[C@@H]1O[C@@H](O[C@H]2[C@H](OC[C@H]3O[C@@H](OC(=O)[C@]45CCC(C)(C)C[C@H]4C4=CC[C@@H]6[C@@]7(C)CC[C@H](O[C@@H]8OC[C@H](O)[C@H](O)[C@H]8O[C@@H]8O[C@@H](C)[C@H](O)[C@@H](O[C@@H]9O[C@H](CO)[C@@H](O)[C@H](O)[C@H]9O)[C@H]8O)[C@@](C)(CO)[C@@H]7CC[C@@]6(C)[C@]4(C)CC5)[C@H](O)[C@@H](O)[C@@H]3O)O[C@H](CO)[C@@H](O)[C@@H]2O)[C@H](O)[C@H](O)[C@H]1O. The molecular formula is C65H106O31. The van der Waals surface area contributed by atoms with Crippen LogP contribution < -0.4 is 0 Å². The first-order valence-electron chi connectivity index (χ1n) is 34.1. The Bertz CT molecular complexity index is 2700. The van der Waals surface area contributed by atoms with Gasteiger partial charge in [-0.05, 0) is 117 Å². The summed E-state index contributed by atoms with van der Waals surface area (Å²) in [5, 5.41) is 196. The number of aliphatic hydroxyl groups is 18. The molecule has 6 saturated heterocycles. The molecule has 18 N–H and O–H groups in total. The molecule has 10 fully saturated rings. The van der Waals surface area contributed by atoms with Crippen LogP contribution in [0.2, 0.25) is 0 Å². The number of hydrogen-bond donors (Lipinski definition) is 18. The van der Waals surface area contributed by atoms with Crippen LogP contribution in [0.25, 0.3) is 0 Å². The third-order valence-electron chi connectivity index (χ3n) is 25.3. The van der Waals surface area contributed by atoms with Crippen LogP contribution in [0.5, 0.6) is 0 Å². The summed E-state index contributed by atoms with van der Waals surface area (Å²) < 4.78 is 71.8. The first-order chi connectivity index (χ1) is 45.1. The zero-order valence-corrected chi connectivity index (χ0v) is 55.6. The van der Waals surface area contributed by atoms with E-state index in [4.69, 9.17) is 56.8 Å². The number of esters is 1. The Morgan fingerprint density at radius 3 is 1.67 bits per heavy atom. The van der Waals surface area contributed by atoms with E-state index in [0.29, 0.717) is 57.8 Å². The lowest BCUT2D eigenvalue weighted by atomic mass is 9.33. The van der Waals surface area contributed by atoms with Crippen LogP contribution >= 0.6 is 0 Å². The first kappa shape index (κ1) is 75.2. The minimum Gasteiger partial charge on any atom is -0.432 e. The highest BCUT2D eigenvalue weighted by Gasteiger charge is 2.71. The minimum absolute atomic E-state index is 0.0548. The van der Waals surface area contributed by atoms with Crippen molar-refractivity contribution >= 4 is 5.97 Å². The zero-order valence-electron chi connectivity index (χ0n) is 55.6.